The summed E-state index contributed by atoms with van der Waals surface area (Å²) in [6.07, 6.45) is 4.28. The summed E-state index contributed by atoms with van der Waals surface area (Å²) in [5.74, 6) is -0.246. The normalized spacial score (nSPS) is 22.1. The number of cyclic esters (lactones) is 1. The van der Waals surface area contributed by atoms with Crippen molar-refractivity contribution in [2.75, 3.05) is 0 Å². The molecule has 1 aliphatic carbocycles. The van der Waals surface area contributed by atoms with Gasteiger partial charge in [0.15, 0.2) is 0 Å². The molecule has 0 spiro atoms. The number of benzene rings is 1. The smallest absolute Gasteiger partial charge is 0.347 e. The van der Waals surface area contributed by atoms with Gasteiger partial charge in [0.2, 0.25) is 6.10 Å². The van der Waals surface area contributed by atoms with E-state index >= 15 is 0 Å². The molecule has 2 aromatic heterocycles. The van der Waals surface area contributed by atoms with E-state index in [2.05, 4.69) is 0 Å². The number of furan rings is 1. The van der Waals surface area contributed by atoms with Crippen molar-refractivity contribution in [3.05, 3.63) is 65.2 Å². The molecular formula is C23H19NO5. The van der Waals surface area contributed by atoms with Gasteiger partial charge in [-0.05, 0) is 55.2 Å². The maximum absolute atomic E-state index is 13.2. The summed E-state index contributed by atoms with van der Waals surface area (Å²) < 4.78 is 16.1. The molecule has 29 heavy (non-hydrogen) atoms. The molecular weight excluding hydrogens is 370 g/mol. The largest absolute Gasteiger partial charge is 0.465 e. The van der Waals surface area contributed by atoms with E-state index in [0.717, 1.165) is 34.4 Å². The molecule has 2 atom stereocenters. The zero-order valence-corrected chi connectivity index (χ0v) is 15.9. The van der Waals surface area contributed by atoms with Gasteiger partial charge in [-0.3, -0.25) is 0 Å². The number of nitrogens with zero attached hydrogens (tertiary/aromatic N) is 1. The molecule has 1 saturated heterocycles. The summed E-state index contributed by atoms with van der Waals surface area (Å²) in [6, 6.07) is 11.2. The highest BCUT2D eigenvalue weighted by Crippen LogP contribution is 2.38. The average molecular weight is 389 g/mol. The van der Waals surface area contributed by atoms with Gasteiger partial charge in [0, 0.05) is 11.8 Å². The summed E-state index contributed by atoms with van der Waals surface area (Å²) in [5, 5.41) is 0.731. The standard InChI is InChI=1S/C23H19NO5/c1-13-11-19(22(25)28-13)29-23(26)20-16-6-2-3-7-18(16)24-21-14(8-9-17(20)21)12-15-5-4-10-27-15/h2-7,10,12-13,19H,8-9,11H2,1H3/b14-12+/t13-,19+/m1/s1. The summed E-state index contributed by atoms with van der Waals surface area (Å²) >= 11 is 0. The van der Waals surface area contributed by atoms with Crippen LogP contribution in [-0.2, 0) is 20.7 Å². The van der Waals surface area contributed by atoms with E-state index < -0.39 is 18.0 Å². The van der Waals surface area contributed by atoms with Crippen LogP contribution >= 0.6 is 0 Å². The predicted molar refractivity (Wildman–Crippen MR) is 106 cm³/mol. The maximum Gasteiger partial charge on any atom is 0.347 e. The van der Waals surface area contributed by atoms with Gasteiger partial charge in [0.25, 0.3) is 0 Å². The average Bonchev–Trinajstić information content (AvgIpc) is 3.42. The Kier molecular flexibility index (Phi) is 4.19. The molecule has 0 saturated carbocycles. The van der Waals surface area contributed by atoms with Gasteiger partial charge >= 0.3 is 11.9 Å². The third-order valence-corrected chi connectivity index (χ3v) is 5.38. The molecule has 2 aliphatic rings. The molecule has 0 bridgehead atoms. The molecule has 6 nitrogen and oxygen atoms in total. The Hall–Kier alpha value is -3.41. The highest BCUT2D eigenvalue weighted by molar-refractivity contribution is 6.07. The van der Waals surface area contributed by atoms with Crippen LogP contribution in [0.25, 0.3) is 22.6 Å². The second-order valence-corrected chi connectivity index (χ2v) is 7.39. The van der Waals surface area contributed by atoms with E-state index in [0.29, 0.717) is 23.9 Å². The van der Waals surface area contributed by atoms with Crippen LogP contribution in [0.15, 0.2) is 47.1 Å². The number of hydrogen-bond acceptors (Lipinski definition) is 6. The highest BCUT2D eigenvalue weighted by Gasteiger charge is 2.37. The van der Waals surface area contributed by atoms with Crippen LogP contribution in [-0.4, -0.2) is 29.1 Å². The number of carbonyl (C=O) groups excluding carboxylic acids is 2. The van der Waals surface area contributed by atoms with Crippen molar-refractivity contribution in [3.8, 4) is 0 Å². The minimum absolute atomic E-state index is 0.247. The molecule has 0 unspecified atom stereocenters. The highest BCUT2D eigenvalue weighted by atomic mass is 16.6. The van der Waals surface area contributed by atoms with Gasteiger partial charge in [-0.1, -0.05) is 18.2 Å². The monoisotopic (exact) mass is 389 g/mol. The van der Waals surface area contributed by atoms with Crippen LogP contribution in [0.4, 0.5) is 0 Å². The van der Waals surface area contributed by atoms with Crippen molar-refractivity contribution < 1.29 is 23.5 Å². The summed E-state index contributed by atoms with van der Waals surface area (Å²) in [7, 11) is 0. The number of hydrogen-bond donors (Lipinski definition) is 0. The van der Waals surface area contributed by atoms with Gasteiger partial charge in [-0.25, -0.2) is 14.6 Å². The van der Waals surface area contributed by atoms with Crippen molar-refractivity contribution in [1.82, 2.24) is 4.98 Å². The summed E-state index contributed by atoms with van der Waals surface area (Å²) in [5.41, 5.74) is 3.86. The van der Waals surface area contributed by atoms with Crippen LogP contribution in [0.2, 0.25) is 0 Å². The van der Waals surface area contributed by atoms with Gasteiger partial charge in [0.05, 0.1) is 23.0 Å². The molecule has 3 aromatic rings. The molecule has 6 heteroatoms. The van der Waals surface area contributed by atoms with Crippen molar-refractivity contribution in [1.29, 1.82) is 0 Å². The fourth-order valence-electron chi connectivity index (χ4n) is 4.06. The van der Waals surface area contributed by atoms with Crippen molar-refractivity contribution in [2.45, 2.75) is 38.4 Å². The van der Waals surface area contributed by atoms with E-state index in [1.54, 1.807) is 13.2 Å². The van der Waals surface area contributed by atoms with Crippen molar-refractivity contribution >= 4 is 34.5 Å². The van der Waals surface area contributed by atoms with Crippen LogP contribution in [0, 0.1) is 0 Å². The molecule has 3 heterocycles. The number of para-hydroxylation sites is 1. The Labute approximate surface area is 167 Å². The van der Waals surface area contributed by atoms with Crippen molar-refractivity contribution in [3.63, 3.8) is 0 Å². The molecule has 1 aromatic carbocycles. The lowest BCUT2D eigenvalue weighted by molar-refractivity contribution is -0.147. The zero-order chi connectivity index (χ0) is 20.0. The number of ether oxygens (including phenoxy) is 2. The van der Waals surface area contributed by atoms with E-state index in [1.165, 1.54) is 0 Å². The van der Waals surface area contributed by atoms with Gasteiger partial charge in [-0.2, -0.15) is 0 Å². The van der Waals surface area contributed by atoms with Crippen molar-refractivity contribution in [2.24, 2.45) is 0 Å². The minimum atomic E-state index is -0.861. The molecule has 146 valence electrons. The van der Waals surface area contributed by atoms with E-state index in [-0.39, 0.29) is 6.10 Å². The number of carbonyl (C=O) groups is 2. The van der Waals surface area contributed by atoms with Crippen LogP contribution in [0.1, 0.15) is 47.1 Å². The Morgan fingerprint density at radius 3 is 2.83 bits per heavy atom. The zero-order valence-electron chi connectivity index (χ0n) is 15.9. The van der Waals surface area contributed by atoms with E-state index in [1.807, 2.05) is 42.5 Å². The second-order valence-electron chi connectivity index (χ2n) is 7.39. The van der Waals surface area contributed by atoms with Crippen LogP contribution < -0.4 is 0 Å². The number of allylic oxidation sites excluding steroid dienone is 1. The molecule has 0 radical (unpaired) electrons. The first kappa shape index (κ1) is 17.7. The Balaban J connectivity index is 1.60. The lowest BCUT2D eigenvalue weighted by atomic mass is 10.0. The number of rotatable bonds is 3. The topological polar surface area (TPSA) is 78.6 Å². The lowest BCUT2D eigenvalue weighted by Gasteiger charge is -2.14. The first-order chi connectivity index (χ1) is 14.1. The lowest BCUT2D eigenvalue weighted by Crippen LogP contribution is -2.23. The van der Waals surface area contributed by atoms with Gasteiger partial charge in [0.1, 0.15) is 11.9 Å². The third kappa shape index (κ3) is 3.10. The fraction of sp³-hybridized carbons (Fsp3) is 0.261. The summed E-state index contributed by atoms with van der Waals surface area (Å²) in [6.45, 7) is 1.79. The third-order valence-electron chi connectivity index (χ3n) is 5.38. The second kappa shape index (κ2) is 6.88. The molecule has 0 amide bonds. The quantitative estimate of drug-likeness (QED) is 0.626. The fourth-order valence-corrected chi connectivity index (χ4v) is 4.06. The Morgan fingerprint density at radius 2 is 2.07 bits per heavy atom. The van der Waals surface area contributed by atoms with Crippen LogP contribution in [0.3, 0.4) is 0 Å². The van der Waals surface area contributed by atoms with E-state index in [4.69, 9.17) is 18.9 Å². The molecule has 1 fully saturated rings. The molecule has 5 rings (SSSR count). The number of aromatic nitrogens is 1. The minimum Gasteiger partial charge on any atom is -0.465 e. The first-order valence-electron chi connectivity index (χ1n) is 9.67. The predicted octanol–water partition coefficient (Wildman–Crippen LogP) is 4.18. The Morgan fingerprint density at radius 1 is 1.21 bits per heavy atom. The van der Waals surface area contributed by atoms with Gasteiger partial charge < -0.3 is 13.9 Å². The maximum atomic E-state index is 13.2. The van der Waals surface area contributed by atoms with Gasteiger partial charge in [-0.15, -0.1) is 0 Å². The molecule has 1 aliphatic heterocycles. The number of fused-ring (bicyclic) bond motifs is 2. The Bertz CT molecular complexity index is 1150. The number of pyridine rings is 1. The molecule has 0 N–H and O–H groups in total. The first-order valence-corrected chi connectivity index (χ1v) is 9.67. The summed E-state index contributed by atoms with van der Waals surface area (Å²) in [4.78, 5) is 29.9. The van der Waals surface area contributed by atoms with E-state index in [9.17, 15) is 9.59 Å². The van der Waals surface area contributed by atoms with Crippen LogP contribution in [0.5, 0.6) is 0 Å². The number of esters is 2. The SMILES string of the molecule is C[C@@H]1C[C@H](OC(=O)c2c3c(nc4ccccc24)/C(=C/c2ccco2)CC3)C(=O)O1.